The average Bonchev–Trinajstić information content (AvgIpc) is 2.52. The maximum Gasteiger partial charge on any atom is 0.185 e. The van der Waals surface area contributed by atoms with E-state index in [0.717, 1.165) is 11.1 Å². The number of hydrogen-bond acceptors (Lipinski definition) is 5. The first-order valence-corrected chi connectivity index (χ1v) is 6.58. The lowest BCUT2D eigenvalue weighted by Gasteiger charge is -2.14. The number of aliphatic hydroxyl groups is 1. The summed E-state index contributed by atoms with van der Waals surface area (Å²) in [6, 6.07) is 7.40. The van der Waals surface area contributed by atoms with E-state index in [9.17, 15) is 5.11 Å². The molecule has 0 atom stereocenters. The maximum absolute atomic E-state index is 9.38. The summed E-state index contributed by atoms with van der Waals surface area (Å²) in [4.78, 5) is 4.25. The standard InChI is InChI=1S/C16H19NO4/c1-11-4-5-14(12(8-11)9-18)21-10-13-16(20-3)15(19-2)6-7-17-13/h4-8,18H,9-10H2,1-3H3. The first-order chi connectivity index (χ1) is 10.2. The number of benzene rings is 1. The third-order valence-corrected chi connectivity index (χ3v) is 3.12. The average molecular weight is 289 g/mol. The summed E-state index contributed by atoms with van der Waals surface area (Å²) in [7, 11) is 3.14. The molecule has 0 amide bonds. The molecule has 0 saturated carbocycles. The summed E-state index contributed by atoms with van der Waals surface area (Å²) in [5, 5.41) is 9.38. The first-order valence-electron chi connectivity index (χ1n) is 6.58. The second-order valence-electron chi connectivity index (χ2n) is 4.55. The van der Waals surface area contributed by atoms with Crippen LogP contribution in [0.1, 0.15) is 16.8 Å². The van der Waals surface area contributed by atoms with Gasteiger partial charge in [-0.25, -0.2) is 0 Å². The fourth-order valence-electron chi connectivity index (χ4n) is 2.07. The van der Waals surface area contributed by atoms with Crippen LogP contribution in [-0.4, -0.2) is 24.3 Å². The molecule has 5 nitrogen and oxygen atoms in total. The normalized spacial score (nSPS) is 10.3. The fraction of sp³-hybridized carbons (Fsp3) is 0.312. The number of methoxy groups -OCH3 is 2. The van der Waals surface area contributed by atoms with Gasteiger partial charge in [0.1, 0.15) is 18.1 Å². The van der Waals surface area contributed by atoms with Gasteiger partial charge in [-0.05, 0) is 13.0 Å². The minimum atomic E-state index is -0.0698. The summed E-state index contributed by atoms with van der Waals surface area (Å²) >= 11 is 0. The van der Waals surface area contributed by atoms with Crippen LogP contribution >= 0.6 is 0 Å². The molecular formula is C16H19NO4. The van der Waals surface area contributed by atoms with E-state index < -0.39 is 0 Å². The first kappa shape index (κ1) is 15.1. The number of aromatic nitrogens is 1. The molecule has 112 valence electrons. The van der Waals surface area contributed by atoms with Gasteiger partial charge >= 0.3 is 0 Å². The Morgan fingerprint density at radius 1 is 1.10 bits per heavy atom. The van der Waals surface area contributed by atoms with Crippen molar-refractivity contribution in [2.75, 3.05) is 14.2 Å². The number of ether oxygens (including phenoxy) is 3. The van der Waals surface area contributed by atoms with Crippen molar-refractivity contribution in [1.82, 2.24) is 4.98 Å². The molecule has 0 saturated heterocycles. The highest BCUT2D eigenvalue weighted by atomic mass is 16.5. The Morgan fingerprint density at radius 3 is 2.57 bits per heavy atom. The molecule has 0 bridgehead atoms. The van der Waals surface area contributed by atoms with E-state index in [4.69, 9.17) is 14.2 Å². The lowest BCUT2D eigenvalue weighted by Crippen LogP contribution is -2.04. The van der Waals surface area contributed by atoms with Crippen LogP contribution in [0, 0.1) is 6.92 Å². The Balaban J connectivity index is 2.20. The van der Waals surface area contributed by atoms with Gasteiger partial charge in [-0.1, -0.05) is 17.7 Å². The van der Waals surface area contributed by atoms with Crippen molar-refractivity contribution in [2.45, 2.75) is 20.1 Å². The highest BCUT2D eigenvalue weighted by Crippen LogP contribution is 2.30. The van der Waals surface area contributed by atoms with Gasteiger partial charge in [-0.15, -0.1) is 0 Å². The van der Waals surface area contributed by atoms with E-state index in [-0.39, 0.29) is 13.2 Å². The van der Waals surface area contributed by atoms with Crippen LogP contribution in [0.4, 0.5) is 0 Å². The quantitative estimate of drug-likeness (QED) is 0.885. The Hall–Kier alpha value is -2.27. The van der Waals surface area contributed by atoms with E-state index in [2.05, 4.69) is 4.98 Å². The van der Waals surface area contributed by atoms with E-state index in [1.807, 2.05) is 25.1 Å². The largest absolute Gasteiger partial charge is 0.493 e. The number of aliphatic hydroxyl groups excluding tert-OH is 1. The van der Waals surface area contributed by atoms with Crippen molar-refractivity contribution in [2.24, 2.45) is 0 Å². The van der Waals surface area contributed by atoms with Crippen LogP contribution in [0.25, 0.3) is 0 Å². The van der Waals surface area contributed by atoms with Gasteiger partial charge in [0.2, 0.25) is 0 Å². The zero-order valence-corrected chi connectivity index (χ0v) is 12.4. The highest BCUT2D eigenvalue weighted by molar-refractivity contribution is 5.43. The summed E-state index contributed by atoms with van der Waals surface area (Å²) in [6.45, 7) is 2.13. The van der Waals surface area contributed by atoms with Crippen LogP contribution in [0.2, 0.25) is 0 Å². The second-order valence-corrected chi connectivity index (χ2v) is 4.55. The fourth-order valence-corrected chi connectivity index (χ4v) is 2.07. The Morgan fingerprint density at radius 2 is 1.90 bits per heavy atom. The third-order valence-electron chi connectivity index (χ3n) is 3.12. The maximum atomic E-state index is 9.38. The molecule has 2 aromatic rings. The zero-order chi connectivity index (χ0) is 15.2. The molecule has 0 aliphatic carbocycles. The number of rotatable bonds is 6. The van der Waals surface area contributed by atoms with Crippen LogP contribution in [0.5, 0.6) is 17.2 Å². The minimum Gasteiger partial charge on any atom is -0.493 e. The van der Waals surface area contributed by atoms with Crippen LogP contribution < -0.4 is 14.2 Å². The van der Waals surface area contributed by atoms with Crippen molar-refractivity contribution in [1.29, 1.82) is 0 Å². The molecule has 0 unspecified atom stereocenters. The summed E-state index contributed by atoms with van der Waals surface area (Å²) < 4.78 is 16.3. The highest BCUT2D eigenvalue weighted by Gasteiger charge is 2.12. The van der Waals surface area contributed by atoms with Crippen LogP contribution in [-0.2, 0) is 13.2 Å². The minimum absolute atomic E-state index is 0.0698. The molecule has 1 aromatic carbocycles. The molecule has 0 spiro atoms. The van der Waals surface area contributed by atoms with Gasteiger partial charge < -0.3 is 19.3 Å². The summed E-state index contributed by atoms with van der Waals surface area (Å²) in [5.74, 6) is 1.80. The van der Waals surface area contributed by atoms with Crippen molar-refractivity contribution in [3.8, 4) is 17.2 Å². The lowest BCUT2D eigenvalue weighted by atomic mass is 10.1. The van der Waals surface area contributed by atoms with Gasteiger partial charge in [-0.3, -0.25) is 4.98 Å². The van der Waals surface area contributed by atoms with Crippen molar-refractivity contribution in [3.05, 3.63) is 47.3 Å². The van der Waals surface area contributed by atoms with E-state index in [1.54, 1.807) is 26.5 Å². The van der Waals surface area contributed by atoms with Crippen LogP contribution in [0.3, 0.4) is 0 Å². The Kier molecular flexibility index (Phi) is 5.00. The molecule has 0 aliphatic heterocycles. The molecule has 1 aromatic heterocycles. The molecule has 2 rings (SSSR count). The van der Waals surface area contributed by atoms with Crippen molar-refractivity contribution >= 4 is 0 Å². The Bertz CT molecular complexity index is 613. The van der Waals surface area contributed by atoms with E-state index in [1.165, 1.54) is 0 Å². The monoisotopic (exact) mass is 289 g/mol. The number of pyridine rings is 1. The molecule has 21 heavy (non-hydrogen) atoms. The number of hydrogen-bond donors (Lipinski definition) is 1. The zero-order valence-electron chi connectivity index (χ0n) is 12.4. The topological polar surface area (TPSA) is 60.8 Å². The SMILES string of the molecule is COc1ccnc(COc2ccc(C)cc2CO)c1OC. The number of nitrogens with zero attached hydrogens (tertiary/aromatic N) is 1. The van der Waals surface area contributed by atoms with Gasteiger partial charge in [0, 0.05) is 17.8 Å². The van der Waals surface area contributed by atoms with Gasteiger partial charge in [-0.2, -0.15) is 0 Å². The second kappa shape index (κ2) is 6.95. The molecule has 5 heteroatoms. The molecule has 0 fully saturated rings. The molecule has 0 radical (unpaired) electrons. The van der Waals surface area contributed by atoms with Gasteiger partial charge in [0.05, 0.1) is 20.8 Å². The van der Waals surface area contributed by atoms with Crippen molar-refractivity contribution < 1.29 is 19.3 Å². The predicted molar refractivity (Wildman–Crippen MR) is 78.8 cm³/mol. The molecule has 1 heterocycles. The molecule has 1 N–H and O–H groups in total. The van der Waals surface area contributed by atoms with Gasteiger partial charge in [0.15, 0.2) is 11.5 Å². The van der Waals surface area contributed by atoms with Crippen molar-refractivity contribution in [3.63, 3.8) is 0 Å². The van der Waals surface area contributed by atoms with E-state index >= 15 is 0 Å². The lowest BCUT2D eigenvalue weighted by molar-refractivity contribution is 0.253. The summed E-state index contributed by atoms with van der Waals surface area (Å²) in [6.07, 6.45) is 1.64. The van der Waals surface area contributed by atoms with Crippen LogP contribution in [0.15, 0.2) is 30.5 Å². The van der Waals surface area contributed by atoms with Gasteiger partial charge in [0.25, 0.3) is 0 Å². The van der Waals surface area contributed by atoms with E-state index in [0.29, 0.717) is 22.9 Å². The number of aryl methyl sites for hydroxylation is 1. The molecule has 0 aliphatic rings. The summed E-state index contributed by atoms with van der Waals surface area (Å²) in [5.41, 5.74) is 2.46. The Labute approximate surface area is 124 Å². The smallest absolute Gasteiger partial charge is 0.185 e. The molecular weight excluding hydrogens is 270 g/mol. The predicted octanol–water partition coefficient (Wildman–Crippen LogP) is 2.48. The third kappa shape index (κ3) is 3.44.